The summed E-state index contributed by atoms with van der Waals surface area (Å²) in [5.74, 6) is 2.46. The topological polar surface area (TPSA) is 75.3 Å². The molecule has 0 aliphatic heterocycles. The van der Waals surface area contributed by atoms with E-state index >= 15 is 0 Å². The molecular weight excluding hydrogens is 338 g/mol. The molecule has 0 fully saturated rings. The van der Waals surface area contributed by atoms with E-state index in [2.05, 4.69) is 84.7 Å². The van der Waals surface area contributed by atoms with Gasteiger partial charge in [0.15, 0.2) is 11.8 Å². The van der Waals surface area contributed by atoms with Crippen LogP contribution >= 0.6 is 0 Å². The first kappa shape index (κ1) is 20.9. The van der Waals surface area contributed by atoms with Crippen LogP contribution in [0, 0.1) is 0 Å². The molecule has 0 aliphatic rings. The van der Waals surface area contributed by atoms with Gasteiger partial charge in [-0.2, -0.15) is 4.98 Å². The van der Waals surface area contributed by atoms with Crippen molar-refractivity contribution in [1.82, 2.24) is 20.8 Å². The molecule has 1 heterocycles. The van der Waals surface area contributed by atoms with Gasteiger partial charge in [0.05, 0.1) is 0 Å². The molecule has 1 aromatic heterocycles. The Balaban J connectivity index is 1.83. The smallest absolute Gasteiger partial charge is 0.228 e. The van der Waals surface area contributed by atoms with Crippen LogP contribution < -0.4 is 10.6 Å². The summed E-state index contributed by atoms with van der Waals surface area (Å²) in [4.78, 5) is 8.70. The molecule has 0 spiro atoms. The number of hydrogen-bond donors (Lipinski definition) is 2. The van der Waals surface area contributed by atoms with Crippen molar-refractivity contribution in [3.05, 3.63) is 47.1 Å². The van der Waals surface area contributed by atoms with Crippen LogP contribution in [0.4, 0.5) is 0 Å². The Morgan fingerprint density at radius 1 is 1.19 bits per heavy atom. The Bertz CT molecular complexity index is 731. The molecule has 148 valence electrons. The Morgan fingerprint density at radius 2 is 1.89 bits per heavy atom. The third-order valence-corrected chi connectivity index (χ3v) is 4.70. The van der Waals surface area contributed by atoms with Crippen molar-refractivity contribution in [1.29, 1.82) is 0 Å². The second-order valence-electron chi connectivity index (χ2n) is 7.74. The highest BCUT2D eigenvalue weighted by molar-refractivity contribution is 5.79. The first-order chi connectivity index (χ1) is 12.9. The minimum atomic E-state index is 0.00252. The molecule has 2 N–H and O–H groups in total. The highest BCUT2D eigenvalue weighted by Crippen LogP contribution is 2.22. The van der Waals surface area contributed by atoms with Crippen molar-refractivity contribution in [2.75, 3.05) is 20.1 Å². The second kappa shape index (κ2) is 9.53. The van der Waals surface area contributed by atoms with Crippen LogP contribution in [0.1, 0.15) is 63.4 Å². The van der Waals surface area contributed by atoms with Gasteiger partial charge in [0.2, 0.25) is 5.89 Å². The van der Waals surface area contributed by atoms with E-state index in [0.717, 1.165) is 24.7 Å². The van der Waals surface area contributed by atoms with Crippen LogP contribution in [0.15, 0.2) is 33.8 Å². The molecule has 27 heavy (non-hydrogen) atoms. The normalized spacial score (nSPS) is 12.5. The van der Waals surface area contributed by atoms with Gasteiger partial charge in [-0.25, -0.2) is 0 Å². The molecule has 0 saturated heterocycles. The minimum Gasteiger partial charge on any atom is -0.356 e. The number of nitrogens with one attached hydrogen (secondary N) is 2. The predicted octanol–water partition coefficient (Wildman–Crippen LogP) is 3.44. The van der Waals surface area contributed by atoms with E-state index in [-0.39, 0.29) is 11.3 Å². The average Bonchev–Trinajstić information content (AvgIpc) is 3.14. The SMILES string of the molecule is CCc1ccc(C(C)(C)CNC(=NC)NCCc2nc(C(C)C)no2)cc1. The monoisotopic (exact) mass is 371 g/mol. The fourth-order valence-corrected chi connectivity index (χ4v) is 2.71. The summed E-state index contributed by atoms with van der Waals surface area (Å²) >= 11 is 0. The van der Waals surface area contributed by atoms with Gasteiger partial charge in [-0.1, -0.05) is 64.0 Å². The van der Waals surface area contributed by atoms with E-state index in [1.807, 2.05) is 0 Å². The second-order valence-corrected chi connectivity index (χ2v) is 7.74. The van der Waals surface area contributed by atoms with Gasteiger partial charge in [-0.15, -0.1) is 0 Å². The van der Waals surface area contributed by atoms with Crippen molar-refractivity contribution >= 4 is 5.96 Å². The van der Waals surface area contributed by atoms with Crippen molar-refractivity contribution in [3.63, 3.8) is 0 Å². The van der Waals surface area contributed by atoms with E-state index in [1.54, 1.807) is 7.05 Å². The van der Waals surface area contributed by atoms with Crippen molar-refractivity contribution in [3.8, 4) is 0 Å². The standard InChI is InChI=1S/C21H33N5O/c1-7-16-8-10-17(11-9-16)21(4,5)14-24-20(22-6)23-13-12-18-25-19(15(2)3)26-27-18/h8-11,15H,7,12-14H2,1-6H3,(H2,22,23,24). The summed E-state index contributed by atoms with van der Waals surface area (Å²) in [6.45, 7) is 12.2. The molecule has 0 unspecified atom stereocenters. The summed E-state index contributed by atoms with van der Waals surface area (Å²) in [5, 5.41) is 10.7. The van der Waals surface area contributed by atoms with Gasteiger partial charge in [0.25, 0.3) is 0 Å². The molecular formula is C21H33N5O. The fraction of sp³-hybridized carbons (Fsp3) is 0.571. The van der Waals surface area contributed by atoms with Crippen molar-refractivity contribution < 1.29 is 4.52 Å². The molecule has 6 heteroatoms. The Labute approximate surface area is 162 Å². The number of aliphatic imine (C=N–C) groups is 1. The molecule has 1 aromatic carbocycles. The quantitative estimate of drug-likeness (QED) is 0.549. The number of benzene rings is 1. The molecule has 0 bridgehead atoms. The maximum atomic E-state index is 5.27. The maximum absolute atomic E-state index is 5.27. The Hall–Kier alpha value is -2.37. The minimum absolute atomic E-state index is 0.00252. The Morgan fingerprint density at radius 3 is 2.44 bits per heavy atom. The summed E-state index contributed by atoms with van der Waals surface area (Å²) in [7, 11) is 1.78. The maximum Gasteiger partial charge on any atom is 0.228 e. The van der Waals surface area contributed by atoms with Crippen molar-refractivity contribution in [2.45, 2.75) is 58.8 Å². The predicted molar refractivity (Wildman–Crippen MR) is 110 cm³/mol. The Kier molecular flexibility index (Phi) is 7.39. The lowest BCUT2D eigenvalue weighted by Crippen LogP contribution is -2.44. The molecule has 6 nitrogen and oxygen atoms in total. The lowest BCUT2D eigenvalue weighted by molar-refractivity contribution is 0.371. The molecule has 0 atom stereocenters. The van der Waals surface area contributed by atoms with Gasteiger partial charge >= 0.3 is 0 Å². The first-order valence-corrected chi connectivity index (χ1v) is 9.72. The third-order valence-electron chi connectivity index (χ3n) is 4.70. The van der Waals surface area contributed by atoms with Crippen LogP contribution in [0.3, 0.4) is 0 Å². The zero-order valence-corrected chi connectivity index (χ0v) is 17.5. The van der Waals surface area contributed by atoms with Crippen LogP contribution in [-0.4, -0.2) is 36.2 Å². The number of nitrogens with zero attached hydrogens (tertiary/aromatic N) is 3. The summed E-state index contributed by atoms with van der Waals surface area (Å²) in [5.41, 5.74) is 2.68. The van der Waals surface area contributed by atoms with E-state index in [4.69, 9.17) is 4.52 Å². The number of rotatable bonds is 8. The lowest BCUT2D eigenvalue weighted by Gasteiger charge is -2.27. The molecule has 0 amide bonds. The molecule has 0 saturated carbocycles. The highest BCUT2D eigenvalue weighted by atomic mass is 16.5. The summed E-state index contributed by atoms with van der Waals surface area (Å²) in [6, 6.07) is 8.86. The van der Waals surface area contributed by atoms with Crippen molar-refractivity contribution in [2.24, 2.45) is 4.99 Å². The summed E-state index contributed by atoms with van der Waals surface area (Å²) < 4.78 is 5.27. The van der Waals surface area contributed by atoms with Gasteiger partial charge in [-0.05, 0) is 17.5 Å². The van der Waals surface area contributed by atoms with Crippen LogP contribution in [0.25, 0.3) is 0 Å². The molecule has 0 aliphatic carbocycles. The zero-order valence-electron chi connectivity index (χ0n) is 17.5. The number of guanidine groups is 1. The van der Waals surface area contributed by atoms with E-state index < -0.39 is 0 Å². The van der Waals surface area contributed by atoms with Gasteiger partial charge in [-0.3, -0.25) is 4.99 Å². The molecule has 2 rings (SSSR count). The van der Waals surface area contributed by atoms with E-state index in [9.17, 15) is 0 Å². The molecule has 2 aromatic rings. The van der Waals surface area contributed by atoms with Crippen LogP contribution in [0.5, 0.6) is 0 Å². The average molecular weight is 372 g/mol. The summed E-state index contributed by atoms with van der Waals surface area (Å²) in [6.07, 6.45) is 1.73. The first-order valence-electron chi connectivity index (χ1n) is 9.72. The number of aryl methyl sites for hydroxylation is 1. The number of hydrogen-bond acceptors (Lipinski definition) is 4. The van der Waals surface area contributed by atoms with E-state index in [0.29, 0.717) is 18.9 Å². The third kappa shape index (κ3) is 6.08. The largest absolute Gasteiger partial charge is 0.356 e. The van der Waals surface area contributed by atoms with Crippen LogP contribution in [0.2, 0.25) is 0 Å². The van der Waals surface area contributed by atoms with E-state index in [1.165, 1.54) is 11.1 Å². The number of aromatic nitrogens is 2. The van der Waals surface area contributed by atoms with Gasteiger partial charge in [0, 0.05) is 37.9 Å². The van der Waals surface area contributed by atoms with Gasteiger partial charge in [0.1, 0.15) is 0 Å². The highest BCUT2D eigenvalue weighted by Gasteiger charge is 2.21. The fourth-order valence-electron chi connectivity index (χ4n) is 2.71. The van der Waals surface area contributed by atoms with Gasteiger partial charge < -0.3 is 15.2 Å². The van der Waals surface area contributed by atoms with Crippen LogP contribution in [-0.2, 0) is 18.3 Å². The molecule has 0 radical (unpaired) electrons. The lowest BCUT2D eigenvalue weighted by atomic mass is 9.84. The zero-order chi connectivity index (χ0) is 19.9.